The zero-order valence-electron chi connectivity index (χ0n) is 15.1. The third-order valence-electron chi connectivity index (χ3n) is 3.81. The van der Waals surface area contributed by atoms with Gasteiger partial charge in [-0.1, -0.05) is 42.5 Å². The van der Waals surface area contributed by atoms with Crippen LogP contribution in [0.15, 0.2) is 60.7 Å². The molecule has 0 spiro atoms. The number of anilines is 1. The first-order valence-electron chi connectivity index (χ1n) is 8.38. The van der Waals surface area contributed by atoms with Crippen molar-refractivity contribution in [1.82, 2.24) is 4.90 Å². The van der Waals surface area contributed by atoms with Crippen LogP contribution >= 0.6 is 0 Å². The molecular weight excluding hydrogens is 348 g/mol. The van der Waals surface area contributed by atoms with Crippen molar-refractivity contribution in [2.75, 3.05) is 24.6 Å². The Morgan fingerprint density at radius 3 is 2.35 bits per heavy atom. The fourth-order valence-electron chi connectivity index (χ4n) is 2.45. The van der Waals surface area contributed by atoms with Crippen LogP contribution in [-0.2, 0) is 21.2 Å². The maximum absolute atomic E-state index is 12.2. The average molecular weight is 372 g/mol. The SMILES string of the molecule is CN(CCCc1ccccc1)C(=O)/C=C/c1ccc(NS(C)(=O)=O)cc1. The van der Waals surface area contributed by atoms with E-state index in [9.17, 15) is 13.2 Å². The molecule has 0 aliphatic rings. The van der Waals surface area contributed by atoms with E-state index < -0.39 is 10.0 Å². The lowest BCUT2D eigenvalue weighted by atomic mass is 10.1. The number of nitrogens with zero attached hydrogens (tertiary/aromatic N) is 1. The predicted molar refractivity (Wildman–Crippen MR) is 106 cm³/mol. The Hall–Kier alpha value is -2.60. The molecule has 0 heterocycles. The van der Waals surface area contributed by atoms with Gasteiger partial charge in [0, 0.05) is 25.4 Å². The third kappa shape index (κ3) is 7.11. The van der Waals surface area contributed by atoms with Gasteiger partial charge in [0.2, 0.25) is 15.9 Å². The number of carbonyl (C=O) groups is 1. The molecule has 0 aromatic heterocycles. The van der Waals surface area contributed by atoms with Gasteiger partial charge in [-0.25, -0.2) is 8.42 Å². The van der Waals surface area contributed by atoms with Gasteiger partial charge in [-0.05, 0) is 42.2 Å². The number of amides is 1. The van der Waals surface area contributed by atoms with Crippen LogP contribution in [0.4, 0.5) is 5.69 Å². The largest absolute Gasteiger partial charge is 0.342 e. The first kappa shape index (κ1) is 19.7. The van der Waals surface area contributed by atoms with Crippen molar-refractivity contribution >= 4 is 27.7 Å². The second kappa shape index (κ2) is 9.20. The molecule has 2 aromatic rings. The Morgan fingerprint density at radius 1 is 1.08 bits per heavy atom. The average Bonchev–Trinajstić information content (AvgIpc) is 2.60. The predicted octanol–water partition coefficient (Wildman–Crippen LogP) is 3.16. The lowest BCUT2D eigenvalue weighted by Gasteiger charge is -2.14. The van der Waals surface area contributed by atoms with Crippen LogP contribution in [0.3, 0.4) is 0 Å². The summed E-state index contributed by atoms with van der Waals surface area (Å²) in [6.45, 7) is 0.690. The molecule has 26 heavy (non-hydrogen) atoms. The van der Waals surface area contributed by atoms with Crippen molar-refractivity contribution in [3.63, 3.8) is 0 Å². The molecule has 0 unspecified atom stereocenters. The van der Waals surface area contributed by atoms with Crippen molar-refractivity contribution in [2.45, 2.75) is 12.8 Å². The molecule has 0 bridgehead atoms. The molecule has 0 radical (unpaired) electrons. The van der Waals surface area contributed by atoms with Crippen molar-refractivity contribution < 1.29 is 13.2 Å². The molecule has 0 fully saturated rings. The molecule has 138 valence electrons. The third-order valence-corrected chi connectivity index (χ3v) is 4.42. The van der Waals surface area contributed by atoms with Gasteiger partial charge in [0.15, 0.2) is 0 Å². The molecule has 2 aromatic carbocycles. The number of benzene rings is 2. The number of carbonyl (C=O) groups excluding carboxylic acids is 1. The van der Waals surface area contributed by atoms with Gasteiger partial charge in [-0.2, -0.15) is 0 Å². The number of rotatable bonds is 8. The molecular formula is C20H24N2O3S. The number of nitrogens with one attached hydrogen (secondary N) is 1. The summed E-state index contributed by atoms with van der Waals surface area (Å²) in [5.74, 6) is -0.0589. The highest BCUT2D eigenvalue weighted by molar-refractivity contribution is 7.92. The van der Waals surface area contributed by atoms with Gasteiger partial charge in [0.25, 0.3) is 0 Å². The molecule has 0 aliphatic heterocycles. The highest BCUT2D eigenvalue weighted by Crippen LogP contribution is 2.12. The smallest absolute Gasteiger partial charge is 0.246 e. The second-order valence-electron chi connectivity index (χ2n) is 6.18. The zero-order valence-corrected chi connectivity index (χ0v) is 15.9. The van der Waals surface area contributed by atoms with Crippen molar-refractivity contribution in [1.29, 1.82) is 0 Å². The Kier molecular flexibility index (Phi) is 6.97. The van der Waals surface area contributed by atoms with Crippen molar-refractivity contribution in [3.05, 3.63) is 71.8 Å². The van der Waals surface area contributed by atoms with Crippen LogP contribution in [0.25, 0.3) is 6.08 Å². The topological polar surface area (TPSA) is 66.5 Å². The van der Waals surface area contributed by atoms with Crippen molar-refractivity contribution in [2.24, 2.45) is 0 Å². The summed E-state index contributed by atoms with van der Waals surface area (Å²) in [4.78, 5) is 13.9. The monoisotopic (exact) mass is 372 g/mol. The molecule has 5 nitrogen and oxygen atoms in total. The van der Waals surface area contributed by atoms with Gasteiger partial charge in [-0.3, -0.25) is 9.52 Å². The summed E-state index contributed by atoms with van der Waals surface area (Å²) in [6.07, 6.45) is 6.21. The number of hydrogen-bond acceptors (Lipinski definition) is 3. The second-order valence-corrected chi connectivity index (χ2v) is 7.93. The Morgan fingerprint density at radius 2 is 1.73 bits per heavy atom. The van der Waals surface area contributed by atoms with E-state index in [1.165, 1.54) is 11.6 Å². The zero-order chi connectivity index (χ0) is 19.0. The lowest BCUT2D eigenvalue weighted by Crippen LogP contribution is -2.26. The van der Waals surface area contributed by atoms with E-state index in [-0.39, 0.29) is 5.91 Å². The number of hydrogen-bond donors (Lipinski definition) is 1. The minimum absolute atomic E-state index is 0.0589. The van der Waals surface area contributed by atoms with E-state index in [0.717, 1.165) is 24.7 Å². The summed E-state index contributed by atoms with van der Waals surface area (Å²) in [7, 11) is -1.50. The molecule has 6 heteroatoms. The first-order chi connectivity index (χ1) is 12.3. The minimum Gasteiger partial charge on any atom is -0.342 e. The minimum atomic E-state index is -3.28. The van der Waals surface area contributed by atoms with Gasteiger partial charge >= 0.3 is 0 Å². The van der Waals surface area contributed by atoms with Gasteiger partial charge in [-0.15, -0.1) is 0 Å². The Bertz CT molecular complexity index is 844. The van der Waals surface area contributed by atoms with E-state index in [4.69, 9.17) is 0 Å². The molecule has 2 rings (SSSR count). The standard InChI is InChI=1S/C20H24N2O3S/c1-22(16-6-9-17-7-4-3-5-8-17)20(23)15-12-18-10-13-19(14-11-18)21-26(2,24)25/h3-5,7-8,10-15,21H,6,9,16H2,1-2H3/b15-12+. The van der Waals surface area contributed by atoms with Crippen LogP contribution in [0.5, 0.6) is 0 Å². The number of likely N-dealkylation sites (N-methyl/N-ethyl adjacent to an activating group) is 1. The van der Waals surface area contributed by atoms with E-state index in [1.807, 2.05) is 18.2 Å². The first-order valence-corrected chi connectivity index (χ1v) is 10.3. The van der Waals surface area contributed by atoms with Gasteiger partial charge in [0.05, 0.1) is 6.26 Å². The summed E-state index contributed by atoms with van der Waals surface area (Å²) in [5.41, 5.74) is 2.59. The molecule has 0 atom stereocenters. The maximum Gasteiger partial charge on any atom is 0.246 e. The molecule has 0 saturated heterocycles. The van der Waals surface area contributed by atoms with Crippen molar-refractivity contribution in [3.8, 4) is 0 Å². The van der Waals surface area contributed by atoms with Crippen LogP contribution in [-0.4, -0.2) is 39.1 Å². The Balaban J connectivity index is 1.82. The number of aryl methyl sites for hydroxylation is 1. The van der Waals surface area contributed by atoms with Crippen LogP contribution < -0.4 is 4.72 Å². The summed E-state index contributed by atoms with van der Waals surface area (Å²) in [5, 5.41) is 0. The Labute approximate surface area is 155 Å². The van der Waals surface area contributed by atoms with Crippen LogP contribution in [0, 0.1) is 0 Å². The normalized spacial score (nSPS) is 11.5. The fraction of sp³-hybridized carbons (Fsp3) is 0.250. The summed E-state index contributed by atoms with van der Waals surface area (Å²) < 4.78 is 24.8. The molecule has 1 N–H and O–H groups in total. The van der Waals surface area contributed by atoms with Crippen LogP contribution in [0.2, 0.25) is 0 Å². The molecule has 0 aliphatic carbocycles. The number of sulfonamides is 1. The lowest BCUT2D eigenvalue weighted by molar-refractivity contribution is -0.124. The van der Waals surface area contributed by atoms with E-state index in [0.29, 0.717) is 12.2 Å². The maximum atomic E-state index is 12.2. The quantitative estimate of drug-likeness (QED) is 0.724. The molecule has 1 amide bonds. The highest BCUT2D eigenvalue weighted by atomic mass is 32.2. The summed E-state index contributed by atoms with van der Waals surface area (Å²) >= 11 is 0. The van der Waals surface area contributed by atoms with Gasteiger partial charge in [0.1, 0.15) is 0 Å². The van der Waals surface area contributed by atoms with Gasteiger partial charge < -0.3 is 4.90 Å². The highest BCUT2D eigenvalue weighted by Gasteiger charge is 2.05. The van der Waals surface area contributed by atoms with E-state index >= 15 is 0 Å². The fourth-order valence-corrected chi connectivity index (χ4v) is 3.01. The van der Waals surface area contributed by atoms with Crippen LogP contribution in [0.1, 0.15) is 17.5 Å². The molecule has 0 saturated carbocycles. The summed E-state index contributed by atoms with van der Waals surface area (Å²) in [6, 6.07) is 17.0. The van der Waals surface area contributed by atoms with E-state index in [2.05, 4.69) is 16.9 Å². The van der Waals surface area contributed by atoms with E-state index in [1.54, 1.807) is 42.3 Å².